The molecule has 1 fully saturated rings. The second-order valence-corrected chi connectivity index (χ2v) is 8.88. The zero-order chi connectivity index (χ0) is 24.4. The Labute approximate surface area is 203 Å². The number of quaternary nitrogens is 1. The van der Waals surface area contributed by atoms with Gasteiger partial charge < -0.3 is 45.2 Å². The van der Waals surface area contributed by atoms with Crippen molar-refractivity contribution >= 4 is 16.6 Å². The minimum Gasteiger partial charge on any atom is -0.848 e. The van der Waals surface area contributed by atoms with Gasteiger partial charge in [0, 0.05) is 35.8 Å². The van der Waals surface area contributed by atoms with Crippen LogP contribution in [0.25, 0.3) is 10.9 Å². The molecule has 1 aromatic heterocycles. The molecule has 3 heterocycles. The van der Waals surface area contributed by atoms with E-state index in [1.54, 1.807) is 25.4 Å². The van der Waals surface area contributed by atoms with Crippen LogP contribution in [-0.2, 0) is 6.54 Å². The lowest BCUT2D eigenvalue weighted by Crippen LogP contribution is -2.96. The summed E-state index contributed by atoms with van der Waals surface area (Å²) < 4.78 is 16.0. The van der Waals surface area contributed by atoms with Crippen LogP contribution in [0.15, 0.2) is 42.6 Å². The zero-order valence-electron chi connectivity index (χ0n) is 19.5. The number of pyridine rings is 1. The molecule has 0 aliphatic carbocycles. The lowest BCUT2D eigenvalue weighted by molar-refractivity contribution is -0.715. The van der Waals surface area contributed by atoms with Gasteiger partial charge in [-0.2, -0.15) is 0 Å². The first kappa shape index (κ1) is 23.7. The summed E-state index contributed by atoms with van der Waals surface area (Å²) >= 11 is 0. The van der Waals surface area contributed by atoms with Gasteiger partial charge in [-0.1, -0.05) is 6.10 Å². The first-order valence-electron chi connectivity index (χ1n) is 11.7. The van der Waals surface area contributed by atoms with E-state index in [0.717, 1.165) is 42.4 Å². The van der Waals surface area contributed by atoms with Crippen LogP contribution in [0, 0.1) is 10.4 Å². The van der Waals surface area contributed by atoms with Crippen LogP contribution in [0.5, 0.6) is 17.2 Å². The fraction of sp³-hybridized carbons (Fsp3) is 0.400. The highest BCUT2D eigenvalue weighted by Crippen LogP contribution is 2.36. The molecule has 0 bridgehead atoms. The van der Waals surface area contributed by atoms with E-state index in [4.69, 9.17) is 14.2 Å². The number of hydrogen-bond acceptors (Lipinski definition) is 9. The molecule has 1 saturated heterocycles. The Bertz CT molecular complexity index is 1180. The highest BCUT2D eigenvalue weighted by atomic mass is 16.8. The summed E-state index contributed by atoms with van der Waals surface area (Å²) in [6.07, 6.45) is 2.52. The van der Waals surface area contributed by atoms with Crippen molar-refractivity contribution in [2.45, 2.75) is 31.5 Å². The van der Waals surface area contributed by atoms with Gasteiger partial charge in [-0.3, -0.25) is 4.98 Å². The minimum absolute atomic E-state index is 0.0840. The molecule has 3 aromatic rings. The maximum absolute atomic E-state index is 13.2. The van der Waals surface area contributed by atoms with Crippen molar-refractivity contribution in [2.24, 2.45) is 0 Å². The molecule has 2 aliphatic heterocycles. The minimum atomic E-state index is -1.24. The Morgan fingerprint density at radius 2 is 1.91 bits per heavy atom. The normalized spacial score (nSPS) is 17.3. The summed E-state index contributed by atoms with van der Waals surface area (Å²) in [5.74, 6) is 1.67. The first-order chi connectivity index (χ1) is 17.0. The number of fused-ring (bicyclic) bond motifs is 2. The van der Waals surface area contributed by atoms with Crippen molar-refractivity contribution in [1.29, 1.82) is 0 Å². The summed E-state index contributed by atoms with van der Waals surface area (Å²) in [6, 6.07) is 10.8. The lowest BCUT2D eigenvalue weighted by atomic mass is 10.0. The number of rotatable bonds is 8. The molecule has 2 N–H and O–H groups in total. The van der Waals surface area contributed by atoms with E-state index in [0.29, 0.717) is 35.9 Å². The molecule has 186 valence electrons. The van der Waals surface area contributed by atoms with Crippen LogP contribution in [0.1, 0.15) is 30.1 Å². The highest BCUT2D eigenvalue weighted by molar-refractivity contribution is 5.83. The number of likely N-dealkylation sites (tertiary alicyclic amines) is 1. The van der Waals surface area contributed by atoms with Crippen LogP contribution in [0.3, 0.4) is 0 Å². The SMILES string of the molecule is COc1ccc2nccc([C@@H]([O-])CN3CCC(NCc4cc5c(cc4[NH+]([O-])[O-])OCO5)CC3)c2c1. The van der Waals surface area contributed by atoms with E-state index in [2.05, 4.69) is 15.2 Å². The van der Waals surface area contributed by atoms with Crippen LogP contribution in [0.2, 0.25) is 0 Å². The molecule has 0 saturated carbocycles. The van der Waals surface area contributed by atoms with Crippen molar-refractivity contribution in [3.8, 4) is 17.2 Å². The standard InChI is InChI=1S/C25H28N4O6/c1-33-18-2-3-21-20(11-18)19(4-7-26-21)23(30)14-28-8-5-17(6-9-28)27-13-16-10-24-25(35-15-34-24)12-22(16)29(31)32/h2-4,7,10-12,17,23,27,29H,5-6,8-9,13-15H2,1H3/q-2/t23-/m0/s1. The molecule has 10 nitrogen and oxygen atoms in total. The predicted molar refractivity (Wildman–Crippen MR) is 127 cm³/mol. The van der Waals surface area contributed by atoms with Crippen molar-refractivity contribution in [1.82, 2.24) is 15.2 Å². The molecular weight excluding hydrogens is 452 g/mol. The van der Waals surface area contributed by atoms with E-state index in [1.807, 2.05) is 18.2 Å². The Kier molecular flexibility index (Phi) is 7.00. The third-order valence-electron chi connectivity index (χ3n) is 6.74. The second kappa shape index (κ2) is 10.3. The average Bonchev–Trinajstić information content (AvgIpc) is 3.34. The number of piperidine rings is 1. The molecule has 5 rings (SSSR count). The van der Waals surface area contributed by atoms with Gasteiger partial charge >= 0.3 is 0 Å². The molecule has 0 amide bonds. The van der Waals surface area contributed by atoms with E-state index in [-0.39, 0.29) is 18.5 Å². The Balaban J connectivity index is 1.17. The summed E-state index contributed by atoms with van der Waals surface area (Å²) in [5, 5.41) is 39.4. The predicted octanol–water partition coefficient (Wildman–Crippen LogP) is 1.14. The molecule has 0 unspecified atom stereocenters. The van der Waals surface area contributed by atoms with Gasteiger partial charge in [0.05, 0.1) is 12.6 Å². The van der Waals surface area contributed by atoms with Crippen LogP contribution >= 0.6 is 0 Å². The number of hydrogen-bond donors (Lipinski definition) is 2. The molecule has 2 aromatic carbocycles. The van der Waals surface area contributed by atoms with E-state index < -0.39 is 11.3 Å². The Morgan fingerprint density at radius 3 is 2.66 bits per heavy atom. The molecular formula is C25H28N4O6-2. The first-order valence-corrected chi connectivity index (χ1v) is 11.7. The third kappa shape index (κ3) is 5.18. The monoisotopic (exact) mass is 480 g/mol. The second-order valence-electron chi connectivity index (χ2n) is 8.88. The van der Waals surface area contributed by atoms with Gasteiger partial charge in [0.1, 0.15) is 11.4 Å². The topological polar surface area (TPSA) is 129 Å². The van der Waals surface area contributed by atoms with Gasteiger partial charge in [-0.15, -0.1) is 0 Å². The summed E-state index contributed by atoms with van der Waals surface area (Å²) in [7, 11) is 1.61. The van der Waals surface area contributed by atoms with E-state index in [9.17, 15) is 15.5 Å². The van der Waals surface area contributed by atoms with Gasteiger partial charge in [0.15, 0.2) is 11.5 Å². The van der Waals surface area contributed by atoms with Crippen molar-refractivity contribution in [2.75, 3.05) is 33.5 Å². The number of benzene rings is 2. The number of nitrogens with one attached hydrogen (secondary N) is 2. The summed E-state index contributed by atoms with van der Waals surface area (Å²) in [5.41, 5.74) is 2.23. The van der Waals surface area contributed by atoms with Crippen LogP contribution < -0.4 is 29.9 Å². The fourth-order valence-electron chi connectivity index (χ4n) is 4.78. The van der Waals surface area contributed by atoms with Crippen molar-refractivity contribution in [3.05, 3.63) is 64.1 Å². The quantitative estimate of drug-likeness (QED) is 0.456. The molecule has 1 atom stereocenters. The van der Waals surface area contributed by atoms with Gasteiger partial charge in [0.2, 0.25) is 6.79 Å². The highest BCUT2D eigenvalue weighted by Gasteiger charge is 2.23. The Morgan fingerprint density at radius 1 is 1.14 bits per heavy atom. The maximum atomic E-state index is 13.2. The van der Waals surface area contributed by atoms with Crippen molar-refractivity contribution < 1.29 is 24.5 Å². The fourth-order valence-corrected chi connectivity index (χ4v) is 4.78. The van der Waals surface area contributed by atoms with Gasteiger partial charge in [0.25, 0.3) is 0 Å². The van der Waals surface area contributed by atoms with E-state index in [1.165, 1.54) is 6.07 Å². The van der Waals surface area contributed by atoms with Crippen LogP contribution in [-0.4, -0.2) is 49.5 Å². The number of aromatic nitrogens is 1. The van der Waals surface area contributed by atoms with E-state index >= 15 is 0 Å². The molecule has 10 heteroatoms. The molecule has 2 aliphatic rings. The van der Waals surface area contributed by atoms with Crippen molar-refractivity contribution in [3.63, 3.8) is 0 Å². The largest absolute Gasteiger partial charge is 0.848 e. The van der Waals surface area contributed by atoms with Gasteiger partial charge in [-0.25, -0.2) is 0 Å². The van der Waals surface area contributed by atoms with Gasteiger partial charge in [-0.05, 0) is 68.4 Å². The molecule has 0 spiro atoms. The number of ether oxygens (including phenoxy) is 3. The smallest absolute Gasteiger partial charge is 0.231 e. The maximum Gasteiger partial charge on any atom is 0.231 e. The molecule has 0 radical (unpaired) electrons. The molecule has 35 heavy (non-hydrogen) atoms. The third-order valence-corrected chi connectivity index (χ3v) is 6.74. The zero-order valence-corrected chi connectivity index (χ0v) is 19.5. The average molecular weight is 481 g/mol. The van der Waals surface area contributed by atoms with Crippen LogP contribution in [0.4, 0.5) is 5.69 Å². The summed E-state index contributed by atoms with van der Waals surface area (Å²) in [4.78, 5) is 6.56. The number of nitrogens with zero attached hydrogens (tertiary/aromatic N) is 2. The number of methoxy groups -OCH3 is 1. The Hall–Kier alpha value is -2.99. The summed E-state index contributed by atoms with van der Waals surface area (Å²) in [6.45, 7) is 2.47. The lowest BCUT2D eigenvalue weighted by Gasteiger charge is -2.37.